The van der Waals surface area contributed by atoms with Crippen LogP contribution in [0.5, 0.6) is 0 Å². The minimum atomic E-state index is -4.59. The van der Waals surface area contributed by atoms with E-state index in [2.05, 4.69) is 15.3 Å². The number of aromatic nitrogens is 3. The van der Waals surface area contributed by atoms with Crippen LogP contribution in [0.2, 0.25) is 5.02 Å². The molecule has 0 atom stereocenters. The van der Waals surface area contributed by atoms with Gasteiger partial charge in [0.05, 0.1) is 21.8 Å². The summed E-state index contributed by atoms with van der Waals surface area (Å²) in [5.74, 6) is -0.406. The minimum absolute atomic E-state index is 0.0505. The van der Waals surface area contributed by atoms with Crippen molar-refractivity contribution < 1.29 is 18.0 Å². The second-order valence-electron chi connectivity index (χ2n) is 7.33. The van der Waals surface area contributed by atoms with Crippen molar-refractivity contribution in [2.45, 2.75) is 33.5 Å². The van der Waals surface area contributed by atoms with Crippen LogP contribution in [0.4, 0.5) is 18.9 Å². The Morgan fingerprint density at radius 3 is 2.59 bits per heavy atom. The van der Waals surface area contributed by atoms with E-state index in [1.54, 1.807) is 6.92 Å². The molecule has 0 fully saturated rings. The van der Waals surface area contributed by atoms with Gasteiger partial charge in [0.25, 0.3) is 5.56 Å². The molecular weight excluding hydrogens is 465 g/mol. The maximum absolute atomic E-state index is 13.1. The number of halogens is 4. The molecular formula is C21H16ClF3N4O2S. The number of hydrogen-bond acceptors (Lipinski definition) is 5. The van der Waals surface area contributed by atoms with E-state index < -0.39 is 29.8 Å². The molecule has 3 heterocycles. The zero-order chi connectivity index (χ0) is 23.4. The highest BCUT2D eigenvalue weighted by atomic mass is 35.5. The summed E-state index contributed by atoms with van der Waals surface area (Å²) in [5, 5.41) is 3.09. The Labute approximate surface area is 188 Å². The number of rotatable bonds is 3. The SMILES string of the molecule is Cc1cc(C)c2c(n1)sc1c(=O)n(CC(=O)Nc3cc(C(F)(F)F)ccc3Cl)c(C)nc12. The Kier molecular flexibility index (Phi) is 5.46. The molecule has 0 aliphatic heterocycles. The standard InChI is InChI=1S/C21H16ClF3N4O2S/c1-9-6-10(2)26-19-16(9)17-18(32-19)20(31)29(11(3)27-17)8-15(30)28-14-7-12(21(23,24)25)4-5-13(14)22/h4-7H,8H2,1-3H3,(H,28,30). The van der Waals surface area contributed by atoms with Gasteiger partial charge in [-0.3, -0.25) is 14.2 Å². The van der Waals surface area contributed by atoms with Crippen LogP contribution in [0.3, 0.4) is 0 Å². The van der Waals surface area contributed by atoms with Crippen LogP contribution in [-0.2, 0) is 17.5 Å². The van der Waals surface area contributed by atoms with Gasteiger partial charge in [0.2, 0.25) is 5.91 Å². The Balaban J connectivity index is 1.71. The second-order valence-corrected chi connectivity index (χ2v) is 8.74. The molecule has 0 saturated carbocycles. The number of anilines is 1. The van der Waals surface area contributed by atoms with Crippen LogP contribution in [-0.4, -0.2) is 20.4 Å². The monoisotopic (exact) mass is 480 g/mol. The number of thiophene rings is 1. The zero-order valence-electron chi connectivity index (χ0n) is 17.1. The van der Waals surface area contributed by atoms with Crippen molar-refractivity contribution in [3.8, 4) is 0 Å². The fourth-order valence-corrected chi connectivity index (χ4v) is 4.83. The van der Waals surface area contributed by atoms with Gasteiger partial charge in [0.1, 0.15) is 21.9 Å². The summed E-state index contributed by atoms with van der Waals surface area (Å²) in [6, 6.07) is 4.53. The third-order valence-electron chi connectivity index (χ3n) is 4.94. The lowest BCUT2D eigenvalue weighted by atomic mass is 10.1. The Morgan fingerprint density at radius 1 is 1.19 bits per heavy atom. The van der Waals surface area contributed by atoms with Crippen molar-refractivity contribution in [1.82, 2.24) is 14.5 Å². The van der Waals surface area contributed by atoms with Gasteiger partial charge in [-0.15, -0.1) is 11.3 Å². The molecule has 0 aliphatic rings. The molecule has 1 N–H and O–H groups in total. The van der Waals surface area contributed by atoms with E-state index in [1.807, 2.05) is 19.9 Å². The number of pyridine rings is 1. The highest BCUT2D eigenvalue weighted by Crippen LogP contribution is 2.34. The second kappa shape index (κ2) is 7.86. The first-order valence-corrected chi connectivity index (χ1v) is 10.6. The highest BCUT2D eigenvalue weighted by molar-refractivity contribution is 7.25. The Morgan fingerprint density at radius 2 is 1.91 bits per heavy atom. The average Bonchev–Trinajstić information content (AvgIpc) is 3.04. The van der Waals surface area contributed by atoms with Gasteiger partial charge in [-0.2, -0.15) is 13.2 Å². The van der Waals surface area contributed by atoms with Crippen molar-refractivity contribution in [3.63, 3.8) is 0 Å². The molecule has 4 rings (SSSR count). The number of amides is 1. The fourth-order valence-electron chi connectivity index (χ4n) is 3.48. The number of alkyl halides is 3. The molecule has 0 bridgehead atoms. The molecule has 0 unspecified atom stereocenters. The molecule has 0 saturated heterocycles. The summed E-state index contributed by atoms with van der Waals surface area (Å²) >= 11 is 7.13. The molecule has 4 aromatic rings. The number of hydrogen-bond donors (Lipinski definition) is 1. The first-order valence-electron chi connectivity index (χ1n) is 9.40. The first kappa shape index (κ1) is 22.2. The minimum Gasteiger partial charge on any atom is -0.323 e. The zero-order valence-corrected chi connectivity index (χ0v) is 18.7. The van der Waals surface area contributed by atoms with E-state index in [9.17, 15) is 22.8 Å². The lowest BCUT2D eigenvalue weighted by Crippen LogP contribution is -2.29. The molecule has 0 spiro atoms. The largest absolute Gasteiger partial charge is 0.416 e. The van der Waals surface area contributed by atoms with E-state index >= 15 is 0 Å². The van der Waals surface area contributed by atoms with E-state index in [0.29, 0.717) is 20.9 Å². The topological polar surface area (TPSA) is 76.9 Å². The van der Waals surface area contributed by atoms with Crippen LogP contribution in [0.25, 0.3) is 20.4 Å². The van der Waals surface area contributed by atoms with Gasteiger partial charge >= 0.3 is 6.18 Å². The number of carbonyl (C=O) groups is 1. The molecule has 11 heteroatoms. The van der Waals surface area contributed by atoms with Crippen molar-refractivity contribution in [2.24, 2.45) is 0 Å². The van der Waals surface area contributed by atoms with Crippen LogP contribution in [0, 0.1) is 20.8 Å². The van der Waals surface area contributed by atoms with Crippen LogP contribution < -0.4 is 10.9 Å². The summed E-state index contributed by atoms with van der Waals surface area (Å²) in [4.78, 5) is 35.3. The molecule has 32 heavy (non-hydrogen) atoms. The molecule has 0 radical (unpaired) electrons. The molecule has 6 nitrogen and oxygen atoms in total. The predicted molar refractivity (Wildman–Crippen MR) is 118 cm³/mol. The fraction of sp³-hybridized carbons (Fsp3) is 0.238. The number of aryl methyl sites for hydroxylation is 3. The summed E-state index contributed by atoms with van der Waals surface area (Å²) in [7, 11) is 0. The quantitative estimate of drug-likeness (QED) is 0.435. The smallest absolute Gasteiger partial charge is 0.323 e. The summed E-state index contributed by atoms with van der Waals surface area (Å²) < 4.78 is 40.4. The van der Waals surface area contributed by atoms with E-state index in [4.69, 9.17) is 11.6 Å². The Hall–Kier alpha value is -2.98. The van der Waals surface area contributed by atoms with Crippen molar-refractivity contribution in [2.75, 3.05) is 5.32 Å². The summed E-state index contributed by atoms with van der Waals surface area (Å²) in [6.45, 7) is 4.93. The van der Waals surface area contributed by atoms with Crippen molar-refractivity contribution in [3.05, 3.63) is 62.3 Å². The number of benzene rings is 1. The average molecular weight is 481 g/mol. The van der Waals surface area contributed by atoms with Crippen LogP contribution in [0.1, 0.15) is 22.6 Å². The predicted octanol–water partition coefficient (Wildman–Crippen LogP) is 5.24. The van der Waals surface area contributed by atoms with Gasteiger partial charge in [0, 0.05) is 11.1 Å². The third kappa shape index (κ3) is 3.95. The van der Waals surface area contributed by atoms with E-state index in [1.165, 1.54) is 15.9 Å². The lowest BCUT2D eigenvalue weighted by Gasteiger charge is -2.13. The van der Waals surface area contributed by atoms with Crippen LogP contribution >= 0.6 is 22.9 Å². The van der Waals surface area contributed by atoms with Gasteiger partial charge in [-0.05, 0) is 50.6 Å². The molecule has 0 aliphatic carbocycles. The van der Waals surface area contributed by atoms with Gasteiger partial charge in [-0.25, -0.2) is 9.97 Å². The lowest BCUT2D eigenvalue weighted by molar-refractivity contribution is -0.137. The van der Waals surface area contributed by atoms with Crippen LogP contribution in [0.15, 0.2) is 29.1 Å². The third-order valence-corrected chi connectivity index (χ3v) is 6.33. The van der Waals surface area contributed by atoms with Gasteiger partial charge < -0.3 is 5.32 Å². The number of carbonyl (C=O) groups excluding carboxylic acids is 1. The highest BCUT2D eigenvalue weighted by Gasteiger charge is 2.31. The van der Waals surface area contributed by atoms with Crippen molar-refractivity contribution >= 4 is 55.0 Å². The van der Waals surface area contributed by atoms with Gasteiger partial charge in [-0.1, -0.05) is 11.6 Å². The number of nitrogens with one attached hydrogen (secondary N) is 1. The van der Waals surface area contributed by atoms with Gasteiger partial charge in [0.15, 0.2) is 0 Å². The summed E-state index contributed by atoms with van der Waals surface area (Å²) in [5.41, 5.74) is 0.726. The summed E-state index contributed by atoms with van der Waals surface area (Å²) in [6.07, 6.45) is -4.59. The number of nitrogens with zero attached hydrogens (tertiary/aromatic N) is 3. The first-order chi connectivity index (χ1) is 15.0. The Bertz CT molecular complexity index is 1460. The van der Waals surface area contributed by atoms with Crippen molar-refractivity contribution in [1.29, 1.82) is 0 Å². The normalized spacial score (nSPS) is 12.0. The number of fused-ring (bicyclic) bond motifs is 3. The molecule has 1 amide bonds. The molecule has 1 aromatic carbocycles. The van der Waals surface area contributed by atoms with E-state index in [0.717, 1.165) is 34.8 Å². The molecule has 3 aromatic heterocycles. The maximum atomic E-state index is 13.1. The molecule has 166 valence electrons. The maximum Gasteiger partial charge on any atom is 0.416 e. The van der Waals surface area contributed by atoms with E-state index in [-0.39, 0.29) is 10.7 Å².